The van der Waals surface area contributed by atoms with Gasteiger partial charge in [0.05, 0.1) is 18.0 Å². The van der Waals surface area contributed by atoms with Crippen LogP contribution in [0, 0.1) is 6.92 Å². The second-order valence-corrected chi connectivity index (χ2v) is 6.27. The SMILES string of the molecule is COCC(NC(=O)Nc1ccccc1N1CCCC1)c1ccc(C)o1. The fourth-order valence-corrected chi connectivity index (χ4v) is 3.13. The van der Waals surface area contributed by atoms with E-state index in [2.05, 4.69) is 15.5 Å². The van der Waals surface area contributed by atoms with Gasteiger partial charge in [0.2, 0.25) is 0 Å². The second-order valence-electron chi connectivity index (χ2n) is 6.27. The molecule has 1 aromatic carbocycles. The van der Waals surface area contributed by atoms with Crippen molar-refractivity contribution < 1.29 is 13.9 Å². The van der Waals surface area contributed by atoms with Crippen molar-refractivity contribution in [3.63, 3.8) is 0 Å². The van der Waals surface area contributed by atoms with E-state index in [1.807, 2.05) is 43.3 Å². The van der Waals surface area contributed by atoms with Crippen LogP contribution in [-0.4, -0.2) is 32.8 Å². The monoisotopic (exact) mass is 343 g/mol. The molecule has 1 aromatic heterocycles. The van der Waals surface area contributed by atoms with Gasteiger partial charge in [-0.05, 0) is 44.0 Å². The van der Waals surface area contributed by atoms with Crippen LogP contribution in [0.25, 0.3) is 0 Å². The van der Waals surface area contributed by atoms with E-state index >= 15 is 0 Å². The van der Waals surface area contributed by atoms with Gasteiger partial charge in [-0.1, -0.05) is 12.1 Å². The van der Waals surface area contributed by atoms with E-state index in [1.165, 1.54) is 12.8 Å². The number of amides is 2. The Kier molecular flexibility index (Phi) is 5.60. The Morgan fingerprint density at radius 2 is 2.00 bits per heavy atom. The molecule has 0 spiro atoms. The van der Waals surface area contributed by atoms with Crippen LogP contribution < -0.4 is 15.5 Å². The normalized spacial score (nSPS) is 15.2. The van der Waals surface area contributed by atoms with Crippen LogP contribution in [0.1, 0.15) is 30.4 Å². The molecule has 25 heavy (non-hydrogen) atoms. The highest BCUT2D eigenvalue weighted by Gasteiger charge is 2.20. The molecule has 2 N–H and O–H groups in total. The van der Waals surface area contributed by atoms with Crippen molar-refractivity contribution in [1.29, 1.82) is 0 Å². The minimum atomic E-state index is -0.336. The number of nitrogens with one attached hydrogen (secondary N) is 2. The van der Waals surface area contributed by atoms with E-state index in [0.29, 0.717) is 12.4 Å². The zero-order chi connectivity index (χ0) is 17.6. The highest BCUT2D eigenvalue weighted by molar-refractivity contribution is 5.93. The number of furan rings is 1. The molecular weight excluding hydrogens is 318 g/mol. The number of carbonyl (C=O) groups is 1. The maximum Gasteiger partial charge on any atom is 0.319 e. The summed E-state index contributed by atoms with van der Waals surface area (Å²) >= 11 is 0. The first-order valence-electron chi connectivity index (χ1n) is 8.64. The molecule has 0 bridgehead atoms. The molecule has 1 saturated heterocycles. The first kappa shape index (κ1) is 17.4. The topological polar surface area (TPSA) is 66.7 Å². The molecule has 1 fully saturated rings. The molecule has 1 unspecified atom stereocenters. The number of methoxy groups -OCH3 is 1. The van der Waals surface area contributed by atoms with E-state index in [4.69, 9.17) is 9.15 Å². The van der Waals surface area contributed by atoms with E-state index in [9.17, 15) is 4.79 Å². The van der Waals surface area contributed by atoms with Crippen LogP contribution in [0.2, 0.25) is 0 Å². The number of urea groups is 1. The van der Waals surface area contributed by atoms with Gasteiger partial charge in [-0.25, -0.2) is 4.79 Å². The summed E-state index contributed by atoms with van der Waals surface area (Å²) in [5.74, 6) is 1.49. The van der Waals surface area contributed by atoms with Crippen LogP contribution in [0.5, 0.6) is 0 Å². The summed E-state index contributed by atoms with van der Waals surface area (Å²) in [5.41, 5.74) is 1.88. The number of benzene rings is 1. The minimum absolute atomic E-state index is 0.275. The van der Waals surface area contributed by atoms with Crippen molar-refractivity contribution in [2.75, 3.05) is 37.0 Å². The van der Waals surface area contributed by atoms with E-state index < -0.39 is 0 Å². The Hall–Kier alpha value is -2.47. The zero-order valence-corrected chi connectivity index (χ0v) is 14.7. The average Bonchev–Trinajstić information content (AvgIpc) is 3.26. The summed E-state index contributed by atoms with van der Waals surface area (Å²) in [5, 5.41) is 5.89. The number of anilines is 2. The molecule has 0 radical (unpaired) electrons. The third kappa shape index (κ3) is 4.33. The van der Waals surface area contributed by atoms with Crippen molar-refractivity contribution >= 4 is 17.4 Å². The largest absolute Gasteiger partial charge is 0.464 e. The minimum Gasteiger partial charge on any atom is -0.464 e. The number of rotatable bonds is 6. The molecule has 6 heteroatoms. The predicted octanol–water partition coefficient (Wildman–Crippen LogP) is 3.70. The number of ether oxygens (including phenoxy) is 1. The second kappa shape index (κ2) is 8.07. The van der Waals surface area contributed by atoms with E-state index in [1.54, 1.807) is 7.11 Å². The molecule has 1 atom stereocenters. The third-order valence-electron chi connectivity index (χ3n) is 4.34. The van der Waals surface area contributed by atoms with Crippen LogP contribution in [-0.2, 0) is 4.74 Å². The number of aryl methyl sites for hydroxylation is 1. The molecule has 0 saturated carbocycles. The van der Waals surface area contributed by atoms with Gasteiger partial charge in [-0.2, -0.15) is 0 Å². The molecule has 1 aliphatic heterocycles. The van der Waals surface area contributed by atoms with Gasteiger partial charge in [0.1, 0.15) is 17.6 Å². The van der Waals surface area contributed by atoms with Gasteiger partial charge in [-0.3, -0.25) is 0 Å². The quantitative estimate of drug-likeness (QED) is 0.839. The highest BCUT2D eigenvalue weighted by atomic mass is 16.5. The Balaban J connectivity index is 1.69. The molecule has 2 amide bonds. The first-order chi connectivity index (χ1) is 12.2. The molecule has 134 valence electrons. The van der Waals surface area contributed by atoms with Crippen LogP contribution >= 0.6 is 0 Å². The van der Waals surface area contributed by atoms with Gasteiger partial charge < -0.3 is 24.7 Å². The molecule has 2 heterocycles. The summed E-state index contributed by atoms with van der Waals surface area (Å²) in [4.78, 5) is 14.8. The Labute approximate surface area is 148 Å². The smallest absolute Gasteiger partial charge is 0.319 e. The number of nitrogens with zero attached hydrogens (tertiary/aromatic N) is 1. The van der Waals surface area contributed by atoms with E-state index in [0.717, 1.165) is 30.2 Å². The van der Waals surface area contributed by atoms with Crippen molar-refractivity contribution in [2.24, 2.45) is 0 Å². The highest BCUT2D eigenvalue weighted by Crippen LogP contribution is 2.28. The lowest BCUT2D eigenvalue weighted by atomic mass is 10.2. The van der Waals surface area contributed by atoms with E-state index in [-0.39, 0.29) is 12.1 Å². The predicted molar refractivity (Wildman–Crippen MR) is 98.1 cm³/mol. The summed E-state index contributed by atoms with van der Waals surface area (Å²) in [6.07, 6.45) is 2.38. The van der Waals surface area contributed by atoms with Crippen LogP contribution in [0.15, 0.2) is 40.8 Å². The van der Waals surface area contributed by atoms with Crippen molar-refractivity contribution in [1.82, 2.24) is 5.32 Å². The number of para-hydroxylation sites is 2. The van der Waals surface area contributed by atoms with Crippen molar-refractivity contribution in [3.05, 3.63) is 47.9 Å². The molecule has 6 nitrogen and oxygen atoms in total. The zero-order valence-electron chi connectivity index (χ0n) is 14.7. The lowest BCUT2D eigenvalue weighted by molar-refractivity contribution is 0.158. The van der Waals surface area contributed by atoms with Gasteiger partial charge in [0, 0.05) is 20.2 Å². The molecule has 1 aliphatic rings. The maximum atomic E-state index is 12.5. The Morgan fingerprint density at radius 1 is 1.24 bits per heavy atom. The number of hydrogen-bond acceptors (Lipinski definition) is 4. The van der Waals surface area contributed by atoms with Gasteiger partial charge in [0.25, 0.3) is 0 Å². The fourth-order valence-electron chi connectivity index (χ4n) is 3.13. The van der Waals surface area contributed by atoms with Crippen molar-refractivity contribution in [3.8, 4) is 0 Å². The van der Waals surface area contributed by atoms with Gasteiger partial charge in [-0.15, -0.1) is 0 Å². The van der Waals surface area contributed by atoms with Crippen LogP contribution in [0.4, 0.5) is 16.2 Å². The summed E-state index contributed by atoms with van der Waals surface area (Å²) < 4.78 is 10.8. The van der Waals surface area contributed by atoms with Crippen LogP contribution in [0.3, 0.4) is 0 Å². The van der Waals surface area contributed by atoms with Gasteiger partial charge >= 0.3 is 6.03 Å². The lowest BCUT2D eigenvalue weighted by Crippen LogP contribution is -2.35. The molecular formula is C19H25N3O3. The lowest BCUT2D eigenvalue weighted by Gasteiger charge is -2.22. The summed E-state index contributed by atoms with van der Waals surface area (Å²) in [7, 11) is 1.60. The van der Waals surface area contributed by atoms with Crippen molar-refractivity contribution in [2.45, 2.75) is 25.8 Å². The summed E-state index contributed by atoms with van der Waals surface area (Å²) in [6, 6.07) is 11.0. The number of hydrogen-bond donors (Lipinski definition) is 2. The Morgan fingerprint density at radius 3 is 2.68 bits per heavy atom. The maximum absolute atomic E-state index is 12.5. The summed E-state index contributed by atoms with van der Waals surface area (Å²) in [6.45, 7) is 4.27. The average molecular weight is 343 g/mol. The standard InChI is InChI=1S/C19H25N3O3/c1-14-9-10-18(25-14)16(13-24-2)21-19(23)20-15-7-3-4-8-17(15)22-11-5-6-12-22/h3-4,7-10,16H,5-6,11-13H2,1-2H3,(H2,20,21,23). The molecule has 0 aliphatic carbocycles. The van der Waals surface area contributed by atoms with Gasteiger partial charge in [0.15, 0.2) is 0 Å². The molecule has 2 aromatic rings. The third-order valence-corrected chi connectivity index (χ3v) is 4.34. The number of carbonyl (C=O) groups excluding carboxylic acids is 1. The molecule has 3 rings (SSSR count). The fraction of sp³-hybridized carbons (Fsp3) is 0.421. The Bertz CT molecular complexity index is 707. The first-order valence-corrected chi connectivity index (χ1v) is 8.64.